The molecule has 2 aromatic rings. The number of aromatic nitrogens is 2. The van der Waals surface area contributed by atoms with Crippen molar-refractivity contribution in [3.05, 3.63) is 58.4 Å². The molecule has 1 fully saturated rings. The Morgan fingerprint density at radius 1 is 1.38 bits per heavy atom. The van der Waals surface area contributed by atoms with E-state index in [1.165, 1.54) is 24.4 Å². The molecule has 3 heterocycles. The van der Waals surface area contributed by atoms with Gasteiger partial charge in [-0.1, -0.05) is 6.07 Å². The minimum absolute atomic E-state index is 0.239. The van der Waals surface area contributed by atoms with Crippen molar-refractivity contribution >= 4 is 11.7 Å². The second-order valence-corrected chi connectivity index (χ2v) is 6.42. The highest BCUT2D eigenvalue weighted by molar-refractivity contribution is 5.93. The van der Waals surface area contributed by atoms with Crippen LogP contribution >= 0.6 is 0 Å². The zero-order valence-electron chi connectivity index (χ0n) is 14.3. The lowest BCUT2D eigenvalue weighted by Gasteiger charge is -2.38. The molecule has 2 N–H and O–H groups in total. The van der Waals surface area contributed by atoms with Crippen molar-refractivity contribution in [1.29, 1.82) is 0 Å². The molecular weight excluding hydrogens is 342 g/mol. The van der Waals surface area contributed by atoms with E-state index in [-0.39, 0.29) is 17.3 Å². The Labute approximate surface area is 149 Å². The Morgan fingerprint density at radius 2 is 2.19 bits per heavy atom. The summed E-state index contributed by atoms with van der Waals surface area (Å²) in [6.07, 6.45) is 1.82. The number of halogens is 2. The molecular formula is C18H20F2N4O2. The molecule has 26 heavy (non-hydrogen) atoms. The number of likely N-dealkylation sites (tertiary alicyclic amines) is 1. The summed E-state index contributed by atoms with van der Waals surface area (Å²) >= 11 is 0. The van der Waals surface area contributed by atoms with E-state index in [0.717, 1.165) is 6.20 Å². The number of hydrogen-bond acceptors (Lipinski definition) is 4. The van der Waals surface area contributed by atoms with E-state index in [9.17, 15) is 18.4 Å². The molecule has 8 heteroatoms. The van der Waals surface area contributed by atoms with Crippen molar-refractivity contribution in [2.75, 3.05) is 18.4 Å². The van der Waals surface area contributed by atoms with Gasteiger partial charge in [0.25, 0.3) is 0 Å². The van der Waals surface area contributed by atoms with Crippen molar-refractivity contribution in [1.82, 2.24) is 14.9 Å². The molecule has 3 rings (SSSR count). The molecule has 0 aromatic carbocycles. The van der Waals surface area contributed by atoms with Gasteiger partial charge in [-0.15, -0.1) is 0 Å². The van der Waals surface area contributed by atoms with Crippen molar-refractivity contribution in [2.24, 2.45) is 0 Å². The number of piperidine rings is 1. The lowest BCUT2D eigenvalue weighted by Crippen LogP contribution is -2.49. The number of alkyl halides is 1. The van der Waals surface area contributed by atoms with Crippen LogP contribution in [0.3, 0.4) is 0 Å². The summed E-state index contributed by atoms with van der Waals surface area (Å²) in [5.74, 6) is -0.924. The lowest BCUT2D eigenvalue weighted by atomic mass is 9.89. The molecule has 0 aliphatic carbocycles. The summed E-state index contributed by atoms with van der Waals surface area (Å²) in [7, 11) is 0. The van der Waals surface area contributed by atoms with Crippen LogP contribution in [0.15, 0.2) is 41.5 Å². The predicted molar refractivity (Wildman–Crippen MR) is 93.2 cm³/mol. The maximum atomic E-state index is 14.4. The average molecular weight is 362 g/mol. The van der Waals surface area contributed by atoms with Crippen LogP contribution in [-0.4, -0.2) is 46.1 Å². The van der Waals surface area contributed by atoms with Crippen LogP contribution in [0.2, 0.25) is 0 Å². The zero-order valence-corrected chi connectivity index (χ0v) is 14.3. The molecule has 0 radical (unpaired) electrons. The number of nitrogens with one attached hydrogen (secondary N) is 2. The third kappa shape index (κ3) is 4.13. The van der Waals surface area contributed by atoms with E-state index < -0.39 is 23.9 Å². The number of hydrogen-bond donors (Lipinski definition) is 2. The molecule has 1 amide bonds. The smallest absolute Gasteiger partial charge is 0.247 e. The molecule has 1 aliphatic rings. The van der Waals surface area contributed by atoms with Gasteiger partial charge in [-0.05, 0) is 31.0 Å². The number of amides is 1. The van der Waals surface area contributed by atoms with Crippen LogP contribution in [0.25, 0.3) is 0 Å². The van der Waals surface area contributed by atoms with E-state index in [0.29, 0.717) is 25.1 Å². The van der Waals surface area contributed by atoms with Gasteiger partial charge in [0.1, 0.15) is 17.8 Å². The summed E-state index contributed by atoms with van der Waals surface area (Å²) in [6, 6.07) is 5.09. The molecule has 0 spiro atoms. The summed E-state index contributed by atoms with van der Waals surface area (Å²) in [6.45, 7) is 2.55. The van der Waals surface area contributed by atoms with Gasteiger partial charge < -0.3 is 10.3 Å². The monoisotopic (exact) mass is 362 g/mol. The van der Waals surface area contributed by atoms with Crippen LogP contribution in [-0.2, 0) is 4.79 Å². The number of nitrogens with zero attached hydrogens (tertiary/aromatic N) is 2. The van der Waals surface area contributed by atoms with Crippen molar-refractivity contribution in [2.45, 2.75) is 31.5 Å². The van der Waals surface area contributed by atoms with Gasteiger partial charge in [-0.2, -0.15) is 0 Å². The number of H-pyrrole nitrogens is 1. The number of carbonyl (C=O) groups excluding carboxylic acids is 1. The summed E-state index contributed by atoms with van der Waals surface area (Å²) in [5.41, 5.74) is 0.464. The Bertz CT molecular complexity index is 804. The van der Waals surface area contributed by atoms with Crippen LogP contribution in [0, 0.1) is 5.82 Å². The molecule has 1 unspecified atom stereocenters. The first kappa shape index (κ1) is 18.2. The summed E-state index contributed by atoms with van der Waals surface area (Å²) in [4.78, 5) is 31.9. The zero-order chi connectivity index (χ0) is 18.7. The SMILES string of the molecule is CC(C(=O)Nc1ccc(F)cn1)N1CC[C@H](F)[C@@H](c2ccc(=O)[nH]c2)C1. The van der Waals surface area contributed by atoms with Gasteiger partial charge in [0.2, 0.25) is 11.5 Å². The van der Waals surface area contributed by atoms with Gasteiger partial charge in [0.05, 0.1) is 12.2 Å². The standard InChI is InChI=1S/C18H20F2N4O2/c1-11(18(26)23-16-4-3-13(19)9-21-16)24-7-6-15(20)14(10-24)12-2-5-17(25)22-8-12/h2-5,8-9,11,14-15H,6-7,10H2,1H3,(H,22,25)(H,21,23,26)/t11?,14-,15+/m1/s1. The second kappa shape index (κ2) is 7.74. The highest BCUT2D eigenvalue weighted by Gasteiger charge is 2.34. The fourth-order valence-electron chi connectivity index (χ4n) is 3.11. The van der Waals surface area contributed by atoms with E-state index in [2.05, 4.69) is 15.3 Å². The Morgan fingerprint density at radius 3 is 2.85 bits per heavy atom. The van der Waals surface area contributed by atoms with Gasteiger partial charge in [-0.25, -0.2) is 13.8 Å². The molecule has 1 aliphatic heterocycles. The van der Waals surface area contributed by atoms with Crippen LogP contribution in [0.4, 0.5) is 14.6 Å². The molecule has 0 bridgehead atoms. The predicted octanol–water partition coefficient (Wildman–Crippen LogP) is 2.06. The second-order valence-electron chi connectivity index (χ2n) is 6.42. The Kier molecular flexibility index (Phi) is 5.41. The quantitative estimate of drug-likeness (QED) is 0.873. The topological polar surface area (TPSA) is 78.1 Å². The van der Waals surface area contributed by atoms with Gasteiger partial charge >= 0.3 is 0 Å². The maximum absolute atomic E-state index is 14.4. The van der Waals surface area contributed by atoms with Gasteiger partial charge in [-0.3, -0.25) is 14.5 Å². The third-order valence-corrected chi connectivity index (χ3v) is 4.70. The number of rotatable bonds is 4. The maximum Gasteiger partial charge on any atom is 0.247 e. The van der Waals surface area contributed by atoms with E-state index in [1.54, 1.807) is 13.0 Å². The first-order valence-corrected chi connectivity index (χ1v) is 8.43. The van der Waals surface area contributed by atoms with Crippen molar-refractivity contribution in [3.63, 3.8) is 0 Å². The molecule has 2 aromatic heterocycles. The van der Waals surface area contributed by atoms with Gasteiger partial charge in [0.15, 0.2) is 0 Å². The summed E-state index contributed by atoms with van der Waals surface area (Å²) in [5, 5.41) is 2.64. The number of pyridine rings is 2. The van der Waals surface area contributed by atoms with E-state index >= 15 is 0 Å². The fraction of sp³-hybridized carbons (Fsp3) is 0.389. The highest BCUT2D eigenvalue weighted by Crippen LogP contribution is 2.30. The molecule has 138 valence electrons. The van der Waals surface area contributed by atoms with Crippen molar-refractivity contribution in [3.8, 4) is 0 Å². The first-order chi connectivity index (χ1) is 12.4. The first-order valence-electron chi connectivity index (χ1n) is 8.43. The Balaban J connectivity index is 1.67. The highest BCUT2D eigenvalue weighted by atomic mass is 19.1. The van der Waals surface area contributed by atoms with E-state index in [1.807, 2.05) is 4.90 Å². The van der Waals surface area contributed by atoms with Crippen molar-refractivity contribution < 1.29 is 13.6 Å². The molecule has 0 saturated carbocycles. The summed E-state index contributed by atoms with van der Waals surface area (Å²) < 4.78 is 27.3. The molecule has 6 nitrogen and oxygen atoms in total. The number of aromatic amines is 1. The van der Waals surface area contributed by atoms with Crippen LogP contribution < -0.4 is 10.9 Å². The largest absolute Gasteiger partial charge is 0.329 e. The fourth-order valence-corrected chi connectivity index (χ4v) is 3.11. The minimum Gasteiger partial charge on any atom is -0.329 e. The van der Waals surface area contributed by atoms with Crippen LogP contribution in [0.1, 0.15) is 24.8 Å². The van der Waals surface area contributed by atoms with E-state index in [4.69, 9.17) is 0 Å². The van der Waals surface area contributed by atoms with Gasteiger partial charge in [0, 0.05) is 31.3 Å². The molecule has 1 saturated heterocycles. The third-order valence-electron chi connectivity index (χ3n) is 4.70. The normalized spacial score (nSPS) is 22.0. The molecule has 3 atom stereocenters. The van der Waals surface area contributed by atoms with Crippen LogP contribution in [0.5, 0.6) is 0 Å². The minimum atomic E-state index is -1.04. The average Bonchev–Trinajstić information content (AvgIpc) is 2.64. The lowest BCUT2D eigenvalue weighted by molar-refractivity contribution is -0.121. The number of anilines is 1. The number of carbonyl (C=O) groups is 1. The Hall–Kier alpha value is -2.61.